The van der Waals surface area contributed by atoms with Gasteiger partial charge in [0.25, 0.3) is 0 Å². The molecule has 2 aliphatic rings. The van der Waals surface area contributed by atoms with Gasteiger partial charge in [-0.25, -0.2) is 9.78 Å². The van der Waals surface area contributed by atoms with Crippen molar-refractivity contribution in [1.29, 1.82) is 0 Å². The second-order valence-corrected chi connectivity index (χ2v) is 8.50. The van der Waals surface area contributed by atoms with E-state index in [9.17, 15) is 18.0 Å². The molecule has 0 radical (unpaired) electrons. The maximum Gasteiger partial charge on any atom is 0.416 e. The van der Waals surface area contributed by atoms with Gasteiger partial charge in [-0.05, 0) is 57.9 Å². The number of alkyl halides is 3. The molecule has 1 saturated carbocycles. The normalized spacial score (nSPS) is 20.3. The monoisotopic (exact) mass is 386 g/mol. The lowest BCUT2D eigenvalue weighted by molar-refractivity contribution is -0.138. The minimum absolute atomic E-state index is 0.0101. The smallest absolute Gasteiger partial charge is 0.416 e. The average Bonchev–Trinajstić information content (AvgIpc) is 2.52. The number of likely N-dealkylation sites (tertiary alicyclic amines) is 1. The van der Waals surface area contributed by atoms with Crippen molar-refractivity contribution in [3.05, 3.63) is 23.9 Å². The molecule has 0 unspecified atom stereocenters. The van der Waals surface area contributed by atoms with E-state index in [-0.39, 0.29) is 23.5 Å². The summed E-state index contributed by atoms with van der Waals surface area (Å²) >= 11 is 0. The summed E-state index contributed by atoms with van der Waals surface area (Å²) in [5.74, 6) is 0.0101. The summed E-state index contributed by atoms with van der Waals surface area (Å²) in [6, 6.07) is 1.87. The van der Waals surface area contributed by atoms with Gasteiger partial charge < -0.3 is 14.4 Å². The summed E-state index contributed by atoms with van der Waals surface area (Å²) < 4.78 is 49.3. The van der Waals surface area contributed by atoms with Crippen molar-refractivity contribution in [3.8, 4) is 5.88 Å². The van der Waals surface area contributed by atoms with E-state index in [2.05, 4.69) is 4.98 Å². The summed E-state index contributed by atoms with van der Waals surface area (Å²) in [5, 5.41) is 0. The van der Waals surface area contributed by atoms with E-state index in [0.717, 1.165) is 44.0 Å². The van der Waals surface area contributed by atoms with Crippen molar-refractivity contribution in [2.45, 2.75) is 64.3 Å². The summed E-state index contributed by atoms with van der Waals surface area (Å²) in [4.78, 5) is 17.7. The number of halogens is 3. The Morgan fingerprint density at radius 2 is 1.85 bits per heavy atom. The van der Waals surface area contributed by atoms with Crippen LogP contribution in [0.25, 0.3) is 0 Å². The number of hydrogen-bond donors (Lipinski definition) is 0. The molecule has 8 heteroatoms. The Hall–Kier alpha value is -1.99. The van der Waals surface area contributed by atoms with Gasteiger partial charge in [-0.2, -0.15) is 13.2 Å². The SMILES string of the molecule is CC(C)(C)OC(=O)N1CCC2(CC1)CC(Oc1cc(C(F)(F)F)ccn1)C2. The summed E-state index contributed by atoms with van der Waals surface area (Å²) in [6.07, 6.45) is -0.473. The Kier molecular flexibility index (Phi) is 5.03. The molecule has 0 bridgehead atoms. The van der Waals surface area contributed by atoms with Crippen LogP contribution in [0, 0.1) is 5.41 Å². The van der Waals surface area contributed by atoms with Gasteiger partial charge in [0.05, 0.1) is 5.56 Å². The van der Waals surface area contributed by atoms with E-state index in [0.29, 0.717) is 13.1 Å². The van der Waals surface area contributed by atoms with Crippen molar-refractivity contribution in [2.24, 2.45) is 5.41 Å². The molecule has 27 heavy (non-hydrogen) atoms. The fourth-order valence-corrected chi connectivity index (χ4v) is 3.71. The van der Waals surface area contributed by atoms with Crippen LogP contribution in [-0.4, -0.2) is 40.8 Å². The van der Waals surface area contributed by atoms with E-state index in [4.69, 9.17) is 9.47 Å². The number of aromatic nitrogens is 1. The molecular weight excluding hydrogens is 361 g/mol. The zero-order valence-electron chi connectivity index (χ0n) is 15.8. The maximum atomic E-state index is 12.8. The van der Waals surface area contributed by atoms with Gasteiger partial charge in [0.1, 0.15) is 11.7 Å². The first-order chi connectivity index (χ1) is 12.5. The van der Waals surface area contributed by atoms with Crippen LogP contribution < -0.4 is 4.74 Å². The summed E-state index contributed by atoms with van der Waals surface area (Å²) in [6.45, 7) is 6.77. The first-order valence-electron chi connectivity index (χ1n) is 9.14. The predicted octanol–water partition coefficient (Wildman–Crippen LogP) is 4.66. The first kappa shape index (κ1) is 19.8. The number of rotatable bonds is 2. The highest BCUT2D eigenvalue weighted by molar-refractivity contribution is 5.68. The van der Waals surface area contributed by atoms with E-state index in [1.807, 2.05) is 20.8 Å². The number of nitrogens with zero attached hydrogens (tertiary/aromatic N) is 2. The van der Waals surface area contributed by atoms with Gasteiger partial charge >= 0.3 is 12.3 Å². The molecule has 1 aromatic heterocycles. The topological polar surface area (TPSA) is 51.7 Å². The van der Waals surface area contributed by atoms with Crippen LogP contribution in [0.3, 0.4) is 0 Å². The fourth-order valence-electron chi connectivity index (χ4n) is 3.71. The standard InChI is InChI=1S/C19H25F3N2O3/c1-17(2,3)27-16(25)24-8-5-18(6-9-24)11-14(12-18)26-15-10-13(4-7-23-15)19(20,21)22/h4,7,10,14H,5-6,8-9,11-12H2,1-3H3. The van der Waals surface area contributed by atoms with E-state index < -0.39 is 17.3 Å². The van der Waals surface area contributed by atoms with Crippen LogP contribution >= 0.6 is 0 Å². The number of ether oxygens (including phenoxy) is 2. The van der Waals surface area contributed by atoms with Crippen LogP contribution in [0.1, 0.15) is 52.0 Å². The average molecular weight is 386 g/mol. The van der Waals surface area contributed by atoms with Crippen LogP contribution in [0.2, 0.25) is 0 Å². The molecule has 1 aliphatic heterocycles. The highest BCUT2D eigenvalue weighted by Crippen LogP contribution is 2.50. The molecular formula is C19H25F3N2O3. The van der Waals surface area contributed by atoms with Gasteiger partial charge in [-0.15, -0.1) is 0 Å². The third-order valence-electron chi connectivity index (χ3n) is 5.15. The van der Waals surface area contributed by atoms with Crippen LogP contribution in [0.4, 0.5) is 18.0 Å². The maximum absolute atomic E-state index is 12.8. The molecule has 1 amide bonds. The van der Waals surface area contributed by atoms with Crippen molar-refractivity contribution >= 4 is 6.09 Å². The second-order valence-electron chi connectivity index (χ2n) is 8.50. The Morgan fingerprint density at radius 3 is 2.41 bits per heavy atom. The van der Waals surface area contributed by atoms with Gasteiger partial charge in [-0.3, -0.25) is 0 Å². The molecule has 0 aromatic carbocycles. The highest BCUT2D eigenvalue weighted by atomic mass is 19.4. The molecule has 1 saturated heterocycles. The first-order valence-corrected chi connectivity index (χ1v) is 9.14. The number of piperidine rings is 1. The largest absolute Gasteiger partial charge is 0.474 e. The number of carbonyl (C=O) groups excluding carboxylic acids is 1. The van der Waals surface area contributed by atoms with E-state index in [1.165, 1.54) is 0 Å². The molecule has 5 nitrogen and oxygen atoms in total. The lowest BCUT2D eigenvalue weighted by Crippen LogP contribution is -2.52. The molecule has 150 valence electrons. The van der Waals surface area contributed by atoms with Crippen molar-refractivity contribution < 1.29 is 27.4 Å². The number of hydrogen-bond acceptors (Lipinski definition) is 4. The third-order valence-corrected chi connectivity index (χ3v) is 5.15. The Labute approximate surface area is 156 Å². The van der Waals surface area contributed by atoms with Gasteiger partial charge in [0, 0.05) is 25.4 Å². The molecule has 1 aliphatic carbocycles. The number of carbonyl (C=O) groups is 1. The number of pyridine rings is 1. The quantitative estimate of drug-likeness (QED) is 0.742. The van der Waals surface area contributed by atoms with Crippen LogP contribution in [-0.2, 0) is 10.9 Å². The molecule has 0 N–H and O–H groups in total. The van der Waals surface area contributed by atoms with Crippen molar-refractivity contribution in [2.75, 3.05) is 13.1 Å². The van der Waals surface area contributed by atoms with Gasteiger partial charge in [-0.1, -0.05) is 0 Å². The minimum Gasteiger partial charge on any atom is -0.474 e. The summed E-state index contributed by atoms with van der Waals surface area (Å²) in [5.41, 5.74) is -1.17. The van der Waals surface area contributed by atoms with E-state index >= 15 is 0 Å². The fraction of sp³-hybridized carbons (Fsp3) is 0.684. The Balaban J connectivity index is 1.48. The van der Waals surface area contributed by atoms with E-state index in [1.54, 1.807) is 4.90 Å². The molecule has 2 fully saturated rings. The molecule has 1 aromatic rings. The van der Waals surface area contributed by atoms with Gasteiger partial charge in [0.2, 0.25) is 5.88 Å². The lowest BCUT2D eigenvalue weighted by atomic mass is 9.61. The minimum atomic E-state index is -4.41. The molecule has 2 heterocycles. The zero-order valence-corrected chi connectivity index (χ0v) is 15.8. The third kappa shape index (κ3) is 4.84. The zero-order chi connectivity index (χ0) is 19.9. The Bertz CT molecular complexity index is 684. The van der Waals surface area contributed by atoms with Crippen molar-refractivity contribution in [3.63, 3.8) is 0 Å². The molecule has 0 atom stereocenters. The lowest BCUT2D eigenvalue weighted by Gasteiger charge is -2.51. The van der Waals surface area contributed by atoms with Crippen LogP contribution in [0.5, 0.6) is 5.88 Å². The molecule has 1 spiro atoms. The van der Waals surface area contributed by atoms with Crippen molar-refractivity contribution in [1.82, 2.24) is 9.88 Å². The number of amides is 1. The highest BCUT2D eigenvalue weighted by Gasteiger charge is 2.48. The predicted molar refractivity (Wildman–Crippen MR) is 92.4 cm³/mol. The van der Waals surface area contributed by atoms with Crippen LogP contribution in [0.15, 0.2) is 18.3 Å². The summed E-state index contributed by atoms with van der Waals surface area (Å²) in [7, 11) is 0. The second kappa shape index (κ2) is 6.87. The Morgan fingerprint density at radius 1 is 1.22 bits per heavy atom. The molecule has 3 rings (SSSR count). The van der Waals surface area contributed by atoms with Gasteiger partial charge in [0.15, 0.2) is 0 Å².